The van der Waals surface area contributed by atoms with Gasteiger partial charge in [-0.1, -0.05) is 29.8 Å². The first-order valence-corrected chi connectivity index (χ1v) is 8.99. The fraction of sp³-hybridized carbons (Fsp3) is 0.100. The molecule has 2 N–H and O–H groups in total. The molecule has 0 saturated carbocycles. The van der Waals surface area contributed by atoms with E-state index in [9.17, 15) is 4.79 Å². The average Bonchev–Trinajstić information content (AvgIpc) is 3.06. The Morgan fingerprint density at radius 3 is 2.81 bits per heavy atom. The Morgan fingerprint density at radius 2 is 2.08 bits per heavy atom. The molecule has 0 unspecified atom stereocenters. The minimum atomic E-state index is -0.186. The lowest BCUT2D eigenvalue weighted by atomic mass is 10.1. The van der Waals surface area contributed by atoms with Gasteiger partial charge in [-0.2, -0.15) is 0 Å². The minimum Gasteiger partial charge on any atom is -0.449 e. The van der Waals surface area contributed by atoms with E-state index in [1.54, 1.807) is 18.0 Å². The average molecular weight is 363 g/mol. The van der Waals surface area contributed by atoms with Gasteiger partial charge in [-0.15, -0.1) is 11.3 Å². The van der Waals surface area contributed by atoms with E-state index in [1.807, 2.05) is 54.8 Å². The van der Waals surface area contributed by atoms with Crippen molar-refractivity contribution in [2.75, 3.05) is 17.7 Å². The summed E-state index contributed by atoms with van der Waals surface area (Å²) in [6.45, 7) is 2.01. The molecule has 0 saturated heterocycles. The van der Waals surface area contributed by atoms with Crippen LogP contribution in [0.1, 0.15) is 11.1 Å². The first-order valence-electron chi connectivity index (χ1n) is 8.11. The second kappa shape index (κ2) is 6.31. The lowest BCUT2D eigenvalue weighted by Crippen LogP contribution is -2.33. The van der Waals surface area contributed by atoms with Crippen LogP contribution >= 0.6 is 11.3 Å². The molecule has 1 aliphatic rings. The fourth-order valence-electron chi connectivity index (χ4n) is 2.88. The van der Waals surface area contributed by atoms with Crippen LogP contribution in [0.3, 0.4) is 0 Å². The molecule has 0 radical (unpaired) electrons. The molecule has 4 rings (SSSR count). The Kier molecular flexibility index (Phi) is 3.97. The minimum absolute atomic E-state index is 0.186. The summed E-state index contributed by atoms with van der Waals surface area (Å²) in [6, 6.07) is 13.6. The number of thiazole rings is 1. The number of hydrogen-bond donors (Lipinski definition) is 1. The molecular formula is C20H17N3O2S. The first-order chi connectivity index (χ1) is 12.5. The molecule has 1 amide bonds. The quantitative estimate of drug-likeness (QED) is 0.696. The van der Waals surface area contributed by atoms with Crippen LogP contribution in [0.15, 0.2) is 53.6 Å². The highest BCUT2D eigenvalue weighted by Gasteiger charge is 2.28. The molecule has 26 heavy (non-hydrogen) atoms. The van der Waals surface area contributed by atoms with Crippen molar-refractivity contribution < 1.29 is 9.53 Å². The maximum absolute atomic E-state index is 12.7. The van der Waals surface area contributed by atoms with Gasteiger partial charge in [-0.3, -0.25) is 4.79 Å². The van der Waals surface area contributed by atoms with Gasteiger partial charge in [0.05, 0.1) is 11.4 Å². The van der Waals surface area contributed by atoms with Gasteiger partial charge in [-0.25, -0.2) is 4.98 Å². The zero-order chi connectivity index (χ0) is 18.3. The smallest absolute Gasteiger partial charge is 0.293 e. The van der Waals surface area contributed by atoms with Gasteiger partial charge >= 0.3 is 0 Å². The maximum Gasteiger partial charge on any atom is 0.293 e. The second-order valence-electron chi connectivity index (χ2n) is 6.14. The number of hydrogen-bond acceptors (Lipinski definition) is 5. The molecule has 2 aromatic carbocycles. The van der Waals surface area contributed by atoms with Gasteiger partial charge in [0.25, 0.3) is 5.91 Å². The molecule has 1 aromatic heterocycles. The van der Waals surface area contributed by atoms with Crippen LogP contribution < -0.4 is 15.4 Å². The summed E-state index contributed by atoms with van der Waals surface area (Å²) in [6.07, 6.45) is 1.77. The standard InChI is InChI=1S/C20H17N3O2S/c1-12-4-3-5-13(8-12)9-18-19(24)23(2)16-10-14(6-7-17(16)25-18)15-11-26-20(21)22-15/h3-11H,1-2H3,(H2,21,22)/b18-9+. The van der Waals surface area contributed by atoms with E-state index >= 15 is 0 Å². The van der Waals surface area contributed by atoms with E-state index < -0.39 is 0 Å². The zero-order valence-corrected chi connectivity index (χ0v) is 15.2. The van der Waals surface area contributed by atoms with Crippen LogP contribution in [-0.4, -0.2) is 17.9 Å². The van der Waals surface area contributed by atoms with Crippen molar-refractivity contribution >= 4 is 34.1 Å². The largest absolute Gasteiger partial charge is 0.449 e. The van der Waals surface area contributed by atoms with E-state index in [4.69, 9.17) is 10.5 Å². The number of likely N-dealkylation sites (N-methyl/N-ethyl adjacent to an activating group) is 1. The predicted octanol–water partition coefficient (Wildman–Crippen LogP) is 4.10. The lowest BCUT2D eigenvalue weighted by molar-refractivity contribution is -0.117. The lowest BCUT2D eigenvalue weighted by Gasteiger charge is -2.27. The Labute approximate surface area is 155 Å². The molecule has 0 bridgehead atoms. The normalized spacial score (nSPS) is 15.1. The van der Waals surface area contributed by atoms with Crippen LogP contribution in [0, 0.1) is 6.92 Å². The molecule has 1 aliphatic heterocycles. The van der Waals surface area contributed by atoms with Crippen molar-refractivity contribution in [3.05, 3.63) is 64.7 Å². The number of rotatable bonds is 2. The number of nitrogens with two attached hydrogens (primary N) is 1. The van der Waals surface area contributed by atoms with Gasteiger partial charge in [0, 0.05) is 18.0 Å². The van der Waals surface area contributed by atoms with Crippen molar-refractivity contribution in [1.29, 1.82) is 0 Å². The maximum atomic E-state index is 12.7. The molecule has 6 heteroatoms. The van der Waals surface area contributed by atoms with Gasteiger partial charge in [-0.05, 0) is 36.8 Å². The highest BCUT2D eigenvalue weighted by Crippen LogP contribution is 2.38. The predicted molar refractivity (Wildman–Crippen MR) is 105 cm³/mol. The highest BCUT2D eigenvalue weighted by atomic mass is 32.1. The third-order valence-corrected chi connectivity index (χ3v) is 4.89. The van der Waals surface area contributed by atoms with Gasteiger partial charge < -0.3 is 15.4 Å². The van der Waals surface area contributed by atoms with Gasteiger partial charge in [0.15, 0.2) is 16.6 Å². The fourth-order valence-corrected chi connectivity index (χ4v) is 3.46. The molecule has 130 valence electrons. The first kappa shape index (κ1) is 16.4. The molecule has 0 atom stereocenters. The molecule has 3 aromatic rings. The summed E-state index contributed by atoms with van der Waals surface area (Å²) in [5.41, 5.74) is 10.2. The topological polar surface area (TPSA) is 68.5 Å². The number of aromatic nitrogens is 1. The number of nitrogen functional groups attached to an aromatic ring is 1. The van der Waals surface area contributed by atoms with E-state index in [1.165, 1.54) is 11.3 Å². The van der Waals surface area contributed by atoms with Crippen LogP contribution in [0.2, 0.25) is 0 Å². The Balaban J connectivity index is 1.71. The van der Waals surface area contributed by atoms with Crippen LogP contribution in [0.25, 0.3) is 17.3 Å². The van der Waals surface area contributed by atoms with E-state index in [0.29, 0.717) is 22.3 Å². The van der Waals surface area contributed by atoms with Crippen LogP contribution in [0.4, 0.5) is 10.8 Å². The third-order valence-electron chi connectivity index (χ3n) is 4.21. The monoisotopic (exact) mass is 363 g/mol. The zero-order valence-electron chi connectivity index (χ0n) is 14.4. The number of carbonyl (C=O) groups is 1. The number of amides is 1. The van der Waals surface area contributed by atoms with Crippen molar-refractivity contribution in [2.45, 2.75) is 6.92 Å². The van der Waals surface area contributed by atoms with Crippen molar-refractivity contribution in [3.8, 4) is 17.0 Å². The molecule has 0 spiro atoms. The van der Waals surface area contributed by atoms with E-state index in [-0.39, 0.29) is 5.91 Å². The molecule has 5 nitrogen and oxygen atoms in total. The molecular weight excluding hydrogens is 346 g/mol. The number of nitrogens with zero attached hydrogens (tertiary/aromatic N) is 2. The summed E-state index contributed by atoms with van der Waals surface area (Å²) in [4.78, 5) is 18.6. The summed E-state index contributed by atoms with van der Waals surface area (Å²) >= 11 is 1.39. The van der Waals surface area contributed by atoms with E-state index in [2.05, 4.69) is 4.98 Å². The number of benzene rings is 2. The molecule has 2 heterocycles. The summed E-state index contributed by atoms with van der Waals surface area (Å²) < 4.78 is 5.88. The summed E-state index contributed by atoms with van der Waals surface area (Å²) in [5, 5.41) is 2.41. The number of anilines is 2. The highest BCUT2D eigenvalue weighted by molar-refractivity contribution is 7.13. The SMILES string of the molecule is Cc1cccc(/C=C2/Oc3ccc(-c4csc(N)n4)cc3N(C)C2=O)c1. The summed E-state index contributed by atoms with van der Waals surface area (Å²) in [7, 11) is 1.74. The van der Waals surface area contributed by atoms with Crippen molar-refractivity contribution in [2.24, 2.45) is 0 Å². The number of ether oxygens (including phenoxy) is 1. The third kappa shape index (κ3) is 2.95. The van der Waals surface area contributed by atoms with Crippen molar-refractivity contribution in [3.63, 3.8) is 0 Å². The molecule has 0 aliphatic carbocycles. The Morgan fingerprint density at radius 1 is 1.23 bits per heavy atom. The van der Waals surface area contributed by atoms with Crippen LogP contribution in [-0.2, 0) is 4.79 Å². The van der Waals surface area contributed by atoms with E-state index in [0.717, 1.165) is 22.4 Å². The molecule has 0 fully saturated rings. The summed E-state index contributed by atoms with van der Waals surface area (Å²) in [5.74, 6) is 0.753. The number of carbonyl (C=O) groups excluding carboxylic acids is 1. The Hall–Kier alpha value is -3.12. The van der Waals surface area contributed by atoms with Crippen LogP contribution in [0.5, 0.6) is 5.75 Å². The number of fused-ring (bicyclic) bond motifs is 1. The van der Waals surface area contributed by atoms with Gasteiger partial charge in [0.2, 0.25) is 0 Å². The Bertz CT molecular complexity index is 1040. The second-order valence-corrected chi connectivity index (χ2v) is 7.03. The van der Waals surface area contributed by atoms with Crippen molar-refractivity contribution in [1.82, 2.24) is 4.98 Å². The van der Waals surface area contributed by atoms with Gasteiger partial charge in [0.1, 0.15) is 0 Å². The number of aryl methyl sites for hydroxylation is 1.